The van der Waals surface area contributed by atoms with Gasteiger partial charge in [-0.3, -0.25) is 4.79 Å². The SMILES string of the molecule is C[C@@H](O)CN1CC2(CCC1=O)CCN(c1cc(C3CC3)ncn1)CC2. The predicted octanol–water partition coefficient (Wildman–Crippen LogP) is 1.94. The summed E-state index contributed by atoms with van der Waals surface area (Å²) in [6.07, 6.45) is 7.52. The standard InChI is InChI=1S/C19H28N4O2/c1-14(24)11-23-12-19(5-4-18(23)25)6-8-22(9-7-19)17-10-16(15-2-3-15)20-13-21-17/h10,13-15,24H,2-9,11-12H2,1H3/t14-/m1/s1. The molecule has 4 rings (SSSR count). The average Bonchev–Trinajstić information content (AvgIpc) is 3.44. The van der Waals surface area contributed by atoms with Crippen molar-refractivity contribution in [3.8, 4) is 0 Å². The molecule has 1 aliphatic carbocycles. The Kier molecular flexibility index (Phi) is 4.40. The minimum atomic E-state index is -0.457. The van der Waals surface area contributed by atoms with Crippen LogP contribution in [0, 0.1) is 5.41 Å². The lowest BCUT2D eigenvalue weighted by molar-refractivity contribution is -0.139. The number of aliphatic hydroxyl groups excluding tert-OH is 1. The highest BCUT2D eigenvalue weighted by atomic mass is 16.3. The molecule has 3 fully saturated rings. The summed E-state index contributed by atoms with van der Waals surface area (Å²) >= 11 is 0. The van der Waals surface area contributed by atoms with E-state index in [0.717, 1.165) is 44.7 Å². The molecule has 0 radical (unpaired) electrons. The van der Waals surface area contributed by atoms with Gasteiger partial charge in [0.2, 0.25) is 5.91 Å². The first-order valence-corrected chi connectivity index (χ1v) is 9.57. The van der Waals surface area contributed by atoms with Crippen LogP contribution in [0.5, 0.6) is 0 Å². The van der Waals surface area contributed by atoms with Crippen molar-refractivity contribution in [2.45, 2.75) is 57.5 Å². The van der Waals surface area contributed by atoms with Crippen molar-refractivity contribution in [3.05, 3.63) is 18.1 Å². The van der Waals surface area contributed by atoms with Crippen LogP contribution in [0.2, 0.25) is 0 Å². The Bertz CT molecular complexity index is 636. The van der Waals surface area contributed by atoms with Crippen molar-refractivity contribution in [2.24, 2.45) is 5.41 Å². The van der Waals surface area contributed by atoms with Gasteiger partial charge in [-0.2, -0.15) is 0 Å². The molecule has 1 saturated carbocycles. The summed E-state index contributed by atoms with van der Waals surface area (Å²) < 4.78 is 0. The number of hydrogen-bond donors (Lipinski definition) is 1. The minimum Gasteiger partial charge on any atom is -0.392 e. The monoisotopic (exact) mass is 344 g/mol. The van der Waals surface area contributed by atoms with E-state index in [1.165, 1.54) is 18.5 Å². The predicted molar refractivity (Wildman–Crippen MR) is 95.4 cm³/mol. The summed E-state index contributed by atoms with van der Waals surface area (Å²) in [6, 6.07) is 2.17. The highest BCUT2D eigenvalue weighted by molar-refractivity contribution is 5.77. The van der Waals surface area contributed by atoms with Gasteiger partial charge in [0.1, 0.15) is 12.1 Å². The van der Waals surface area contributed by atoms with Gasteiger partial charge >= 0.3 is 0 Å². The number of nitrogens with zero attached hydrogens (tertiary/aromatic N) is 4. The van der Waals surface area contributed by atoms with Gasteiger partial charge in [0.05, 0.1) is 6.10 Å². The summed E-state index contributed by atoms with van der Waals surface area (Å²) in [5, 5.41) is 9.66. The number of carbonyl (C=O) groups excluding carboxylic acids is 1. The van der Waals surface area contributed by atoms with Crippen LogP contribution < -0.4 is 4.90 Å². The van der Waals surface area contributed by atoms with Crippen molar-refractivity contribution < 1.29 is 9.90 Å². The fourth-order valence-corrected chi connectivity index (χ4v) is 4.34. The number of carbonyl (C=O) groups is 1. The third-order valence-electron chi connectivity index (χ3n) is 6.05. The molecule has 1 atom stereocenters. The molecular weight excluding hydrogens is 316 g/mol. The lowest BCUT2D eigenvalue weighted by Crippen LogP contribution is -2.53. The molecule has 25 heavy (non-hydrogen) atoms. The second-order valence-corrected chi connectivity index (χ2v) is 8.19. The molecule has 1 N–H and O–H groups in total. The lowest BCUT2D eigenvalue weighted by Gasteiger charge is -2.48. The number of hydrogen-bond acceptors (Lipinski definition) is 5. The van der Waals surface area contributed by atoms with Crippen LogP contribution in [-0.4, -0.2) is 58.2 Å². The number of piperidine rings is 2. The Hall–Kier alpha value is -1.69. The van der Waals surface area contributed by atoms with E-state index < -0.39 is 6.10 Å². The number of amides is 1. The molecule has 6 nitrogen and oxygen atoms in total. The molecule has 6 heteroatoms. The van der Waals surface area contributed by atoms with E-state index in [-0.39, 0.29) is 11.3 Å². The van der Waals surface area contributed by atoms with E-state index in [1.807, 2.05) is 4.90 Å². The van der Waals surface area contributed by atoms with E-state index in [0.29, 0.717) is 18.9 Å². The third-order valence-corrected chi connectivity index (χ3v) is 6.05. The van der Waals surface area contributed by atoms with Crippen LogP contribution in [0.3, 0.4) is 0 Å². The average molecular weight is 344 g/mol. The largest absolute Gasteiger partial charge is 0.392 e. The van der Waals surface area contributed by atoms with E-state index >= 15 is 0 Å². The van der Waals surface area contributed by atoms with Gasteiger partial charge in [0, 0.05) is 50.3 Å². The zero-order chi connectivity index (χ0) is 17.4. The summed E-state index contributed by atoms with van der Waals surface area (Å²) in [6.45, 7) is 4.97. The molecule has 1 aromatic rings. The molecule has 1 spiro atoms. The zero-order valence-electron chi connectivity index (χ0n) is 15.0. The Balaban J connectivity index is 1.40. The molecule has 3 aliphatic rings. The van der Waals surface area contributed by atoms with Gasteiger partial charge in [0.15, 0.2) is 0 Å². The summed E-state index contributed by atoms with van der Waals surface area (Å²) in [4.78, 5) is 25.3. The maximum Gasteiger partial charge on any atom is 0.222 e. The number of aliphatic hydroxyl groups is 1. The van der Waals surface area contributed by atoms with Crippen LogP contribution in [0.25, 0.3) is 0 Å². The molecule has 3 heterocycles. The number of β-amino-alcohol motifs (C(OH)–C–C–N with tert-alkyl or cyclic N) is 1. The fraction of sp³-hybridized carbons (Fsp3) is 0.737. The highest BCUT2D eigenvalue weighted by Gasteiger charge is 2.41. The Labute approximate surface area is 149 Å². The zero-order valence-corrected chi connectivity index (χ0v) is 15.0. The third kappa shape index (κ3) is 3.64. The number of anilines is 1. The first kappa shape index (κ1) is 16.8. The van der Waals surface area contributed by atoms with Gasteiger partial charge in [0.25, 0.3) is 0 Å². The van der Waals surface area contributed by atoms with E-state index in [2.05, 4.69) is 20.9 Å². The second-order valence-electron chi connectivity index (χ2n) is 8.19. The molecule has 1 aromatic heterocycles. The number of rotatable bonds is 4. The molecule has 0 aromatic carbocycles. The first-order chi connectivity index (χ1) is 12.0. The van der Waals surface area contributed by atoms with Crippen LogP contribution in [0.15, 0.2) is 12.4 Å². The smallest absolute Gasteiger partial charge is 0.222 e. The minimum absolute atomic E-state index is 0.193. The van der Waals surface area contributed by atoms with Gasteiger partial charge < -0.3 is 14.9 Å². The summed E-state index contributed by atoms with van der Waals surface area (Å²) in [5.74, 6) is 1.90. The van der Waals surface area contributed by atoms with Gasteiger partial charge in [-0.1, -0.05) is 0 Å². The van der Waals surface area contributed by atoms with Gasteiger partial charge in [-0.05, 0) is 44.4 Å². The van der Waals surface area contributed by atoms with Crippen LogP contribution >= 0.6 is 0 Å². The molecule has 0 bridgehead atoms. The van der Waals surface area contributed by atoms with Crippen molar-refractivity contribution >= 4 is 11.7 Å². The van der Waals surface area contributed by atoms with Crippen molar-refractivity contribution in [2.75, 3.05) is 31.1 Å². The lowest BCUT2D eigenvalue weighted by atomic mass is 9.72. The van der Waals surface area contributed by atoms with Crippen LogP contribution in [0.4, 0.5) is 5.82 Å². The summed E-state index contributed by atoms with van der Waals surface area (Å²) in [5.41, 5.74) is 1.41. The number of likely N-dealkylation sites (tertiary alicyclic amines) is 1. The van der Waals surface area contributed by atoms with Gasteiger partial charge in [-0.15, -0.1) is 0 Å². The maximum atomic E-state index is 12.1. The normalized spacial score (nSPS) is 24.6. The molecule has 2 saturated heterocycles. The quantitative estimate of drug-likeness (QED) is 0.904. The maximum absolute atomic E-state index is 12.1. The van der Waals surface area contributed by atoms with Crippen LogP contribution in [-0.2, 0) is 4.79 Å². The topological polar surface area (TPSA) is 69.6 Å². The fourth-order valence-electron chi connectivity index (χ4n) is 4.34. The Morgan fingerprint density at radius 1 is 1.28 bits per heavy atom. The van der Waals surface area contributed by atoms with Crippen molar-refractivity contribution in [3.63, 3.8) is 0 Å². The number of aromatic nitrogens is 2. The molecule has 0 unspecified atom stereocenters. The Morgan fingerprint density at radius 2 is 2.04 bits per heavy atom. The Morgan fingerprint density at radius 3 is 2.72 bits per heavy atom. The van der Waals surface area contributed by atoms with Crippen LogP contribution in [0.1, 0.15) is 57.1 Å². The summed E-state index contributed by atoms with van der Waals surface area (Å²) in [7, 11) is 0. The van der Waals surface area contributed by atoms with Gasteiger partial charge in [-0.25, -0.2) is 9.97 Å². The molecule has 1 amide bonds. The van der Waals surface area contributed by atoms with Crippen molar-refractivity contribution in [1.82, 2.24) is 14.9 Å². The van der Waals surface area contributed by atoms with E-state index in [9.17, 15) is 9.90 Å². The molecule has 136 valence electrons. The van der Waals surface area contributed by atoms with E-state index in [1.54, 1.807) is 13.3 Å². The first-order valence-electron chi connectivity index (χ1n) is 9.57. The molecule has 2 aliphatic heterocycles. The van der Waals surface area contributed by atoms with Crippen molar-refractivity contribution in [1.29, 1.82) is 0 Å². The second kappa shape index (κ2) is 6.56. The van der Waals surface area contributed by atoms with E-state index in [4.69, 9.17) is 0 Å². The highest BCUT2D eigenvalue weighted by Crippen LogP contribution is 2.42. The molecular formula is C19H28N4O2.